The lowest BCUT2D eigenvalue weighted by Crippen LogP contribution is -2.19. The topological polar surface area (TPSA) is 48.7 Å². The third kappa shape index (κ3) is 3.40. The molecule has 19 heavy (non-hydrogen) atoms. The molecule has 0 amide bonds. The van der Waals surface area contributed by atoms with Crippen molar-refractivity contribution in [1.82, 2.24) is 10.3 Å². The molecular formula is C16H17N3. The van der Waals surface area contributed by atoms with Crippen LogP contribution in [0.4, 0.5) is 0 Å². The molecule has 0 aliphatic carbocycles. The van der Waals surface area contributed by atoms with Gasteiger partial charge in [-0.2, -0.15) is 5.26 Å². The van der Waals surface area contributed by atoms with E-state index in [4.69, 9.17) is 5.26 Å². The Bertz CT molecular complexity index is 599. The van der Waals surface area contributed by atoms with E-state index in [1.807, 2.05) is 18.2 Å². The molecule has 1 N–H and O–H groups in total. The SMILES string of the molecule is Cc1ccccc1C(C)NCc1ccnc(C#N)c1. The van der Waals surface area contributed by atoms with Gasteiger partial charge in [-0.25, -0.2) is 4.98 Å². The highest BCUT2D eigenvalue weighted by molar-refractivity contribution is 5.29. The summed E-state index contributed by atoms with van der Waals surface area (Å²) >= 11 is 0. The number of hydrogen-bond donors (Lipinski definition) is 1. The molecule has 2 aromatic rings. The molecule has 2 rings (SSSR count). The number of benzene rings is 1. The lowest BCUT2D eigenvalue weighted by molar-refractivity contribution is 0.572. The van der Waals surface area contributed by atoms with Crippen LogP contribution in [0.25, 0.3) is 0 Å². The molecule has 0 aliphatic rings. The molecule has 3 nitrogen and oxygen atoms in total. The molecule has 0 saturated heterocycles. The van der Waals surface area contributed by atoms with E-state index in [0.29, 0.717) is 5.69 Å². The van der Waals surface area contributed by atoms with Gasteiger partial charge < -0.3 is 5.32 Å². The van der Waals surface area contributed by atoms with Gasteiger partial charge in [0.25, 0.3) is 0 Å². The Balaban J connectivity index is 2.03. The molecular weight excluding hydrogens is 234 g/mol. The van der Waals surface area contributed by atoms with E-state index in [9.17, 15) is 0 Å². The molecule has 0 radical (unpaired) electrons. The van der Waals surface area contributed by atoms with Crippen molar-refractivity contribution >= 4 is 0 Å². The van der Waals surface area contributed by atoms with E-state index in [-0.39, 0.29) is 6.04 Å². The van der Waals surface area contributed by atoms with Gasteiger partial charge in [0.05, 0.1) is 0 Å². The van der Waals surface area contributed by atoms with Gasteiger partial charge in [-0.3, -0.25) is 0 Å². The molecule has 3 heteroatoms. The van der Waals surface area contributed by atoms with Crippen LogP contribution in [0.5, 0.6) is 0 Å². The van der Waals surface area contributed by atoms with Crippen LogP contribution in [0.2, 0.25) is 0 Å². The number of nitriles is 1. The highest BCUT2D eigenvalue weighted by atomic mass is 14.9. The maximum absolute atomic E-state index is 8.82. The second-order valence-corrected chi connectivity index (χ2v) is 4.62. The predicted octanol–water partition coefficient (Wildman–Crippen LogP) is 3.11. The van der Waals surface area contributed by atoms with E-state index in [2.05, 4.69) is 48.4 Å². The van der Waals surface area contributed by atoms with Crippen molar-refractivity contribution in [2.45, 2.75) is 26.4 Å². The minimum absolute atomic E-state index is 0.278. The Hall–Kier alpha value is -2.18. The smallest absolute Gasteiger partial charge is 0.140 e. The predicted molar refractivity (Wildman–Crippen MR) is 75.4 cm³/mol. The molecule has 1 unspecified atom stereocenters. The Morgan fingerprint density at radius 1 is 1.32 bits per heavy atom. The molecule has 0 saturated carbocycles. The van der Waals surface area contributed by atoms with Gasteiger partial charge in [0.2, 0.25) is 0 Å². The zero-order valence-electron chi connectivity index (χ0n) is 11.2. The summed E-state index contributed by atoms with van der Waals surface area (Å²) in [5.41, 5.74) is 4.13. The monoisotopic (exact) mass is 251 g/mol. The van der Waals surface area contributed by atoms with Crippen molar-refractivity contribution in [3.63, 3.8) is 0 Å². The first kappa shape index (κ1) is 13.3. The van der Waals surface area contributed by atoms with Crippen LogP contribution < -0.4 is 5.32 Å². The molecule has 0 bridgehead atoms. The zero-order chi connectivity index (χ0) is 13.7. The summed E-state index contributed by atoms with van der Waals surface area (Å²) < 4.78 is 0. The minimum atomic E-state index is 0.278. The van der Waals surface area contributed by atoms with E-state index in [1.165, 1.54) is 11.1 Å². The van der Waals surface area contributed by atoms with Crippen molar-refractivity contribution in [2.75, 3.05) is 0 Å². The minimum Gasteiger partial charge on any atom is -0.306 e. The molecule has 1 aromatic heterocycles. The van der Waals surface area contributed by atoms with Gasteiger partial charge >= 0.3 is 0 Å². The fourth-order valence-corrected chi connectivity index (χ4v) is 2.10. The first-order valence-corrected chi connectivity index (χ1v) is 6.34. The Kier molecular flexibility index (Phi) is 4.27. The zero-order valence-corrected chi connectivity index (χ0v) is 11.2. The fourth-order valence-electron chi connectivity index (χ4n) is 2.10. The van der Waals surface area contributed by atoms with Gasteiger partial charge in [-0.15, -0.1) is 0 Å². The number of nitrogens with one attached hydrogen (secondary N) is 1. The number of pyridine rings is 1. The van der Waals surface area contributed by atoms with E-state index in [1.54, 1.807) is 6.20 Å². The second kappa shape index (κ2) is 6.12. The van der Waals surface area contributed by atoms with Crippen LogP contribution in [0.3, 0.4) is 0 Å². The molecule has 0 spiro atoms. The van der Waals surface area contributed by atoms with Gasteiger partial charge in [0.15, 0.2) is 0 Å². The van der Waals surface area contributed by atoms with Crippen LogP contribution >= 0.6 is 0 Å². The van der Waals surface area contributed by atoms with Crippen LogP contribution in [0, 0.1) is 18.3 Å². The Morgan fingerprint density at radius 3 is 2.84 bits per heavy atom. The van der Waals surface area contributed by atoms with Crippen LogP contribution in [0.1, 0.15) is 35.3 Å². The second-order valence-electron chi connectivity index (χ2n) is 4.62. The van der Waals surface area contributed by atoms with Crippen molar-refractivity contribution in [2.24, 2.45) is 0 Å². The largest absolute Gasteiger partial charge is 0.306 e. The van der Waals surface area contributed by atoms with E-state index in [0.717, 1.165) is 12.1 Å². The molecule has 1 aromatic carbocycles. The van der Waals surface area contributed by atoms with Crippen molar-refractivity contribution < 1.29 is 0 Å². The first-order chi connectivity index (χ1) is 9.20. The van der Waals surface area contributed by atoms with Gasteiger partial charge in [-0.05, 0) is 42.7 Å². The summed E-state index contributed by atoms with van der Waals surface area (Å²) in [6.45, 7) is 5.00. The summed E-state index contributed by atoms with van der Waals surface area (Å²) in [7, 11) is 0. The highest BCUT2D eigenvalue weighted by Crippen LogP contribution is 2.17. The summed E-state index contributed by atoms with van der Waals surface area (Å²) in [5.74, 6) is 0. The lowest BCUT2D eigenvalue weighted by atomic mass is 10.0. The first-order valence-electron chi connectivity index (χ1n) is 6.34. The van der Waals surface area contributed by atoms with Gasteiger partial charge in [-0.1, -0.05) is 24.3 Å². The highest BCUT2D eigenvalue weighted by Gasteiger charge is 2.07. The van der Waals surface area contributed by atoms with Gasteiger partial charge in [0.1, 0.15) is 11.8 Å². The molecule has 0 aliphatic heterocycles. The standard InChI is InChI=1S/C16H17N3/c1-12-5-3-4-6-16(12)13(2)19-11-14-7-8-18-15(9-14)10-17/h3-9,13,19H,11H2,1-2H3. The maximum atomic E-state index is 8.82. The quantitative estimate of drug-likeness (QED) is 0.908. The average molecular weight is 251 g/mol. The Morgan fingerprint density at radius 2 is 2.11 bits per heavy atom. The third-order valence-electron chi connectivity index (χ3n) is 3.21. The number of aromatic nitrogens is 1. The van der Waals surface area contributed by atoms with Gasteiger partial charge in [0, 0.05) is 18.8 Å². The maximum Gasteiger partial charge on any atom is 0.140 e. The summed E-state index contributed by atoms with van der Waals surface area (Å²) in [5, 5.41) is 12.3. The van der Waals surface area contributed by atoms with Crippen LogP contribution in [-0.4, -0.2) is 4.98 Å². The Labute approximate surface area is 113 Å². The number of rotatable bonds is 4. The van der Waals surface area contributed by atoms with Crippen LogP contribution in [-0.2, 0) is 6.54 Å². The summed E-state index contributed by atoms with van der Waals surface area (Å²) in [4.78, 5) is 3.97. The van der Waals surface area contributed by atoms with Crippen molar-refractivity contribution in [1.29, 1.82) is 5.26 Å². The average Bonchev–Trinajstić information content (AvgIpc) is 2.45. The fraction of sp³-hybridized carbons (Fsp3) is 0.250. The van der Waals surface area contributed by atoms with Crippen molar-refractivity contribution in [3.05, 3.63) is 65.0 Å². The van der Waals surface area contributed by atoms with Crippen LogP contribution in [0.15, 0.2) is 42.6 Å². The number of hydrogen-bond acceptors (Lipinski definition) is 3. The molecule has 1 heterocycles. The van der Waals surface area contributed by atoms with Crippen molar-refractivity contribution in [3.8, 4) is 6.07 Å². The molecule has 0 fully saturated rings. The number of nitrogens with zero attached hydrogens (tertiary/aromatic N) is 2. The summed E-state index contributed by atoms with van der Waals surface area (Å²) in [6.07, 6.45) is 1.67. The molecule has 96 valence electrons. The lowest BCUT2D eigenvalue weighted by Gasteiger charge is -2.16. The number of aryl methyl sites for hydroxylation is 1. The summed E-state index contributed by atoms with van der Waals surface area (Å²) in [6, 6.07) is 14.4. The van der Waals surface area contributed by atoms with E-state index >= 15 is 0 Å². The normalized spacial score (nSPS) is 11.8. The van der Waals surface area contributed by atoms with E-state index < -0.39 is 0 Å². The molecule has 1 atom stereocenters. The third-order valence-corrected chi connectivity index (χ3v) is 3.21.